The highest BCUT2D eigenvalue weighted by molar-refractivity contribution is 7.80. The number of nitrogens with two attached hydrogens (primary N) is 1. The smallest absolute Gasteiger partial charge is 0.233 e. The maximum absolute atomic E-state index is 12.4. The van der Waals surface area contributed by atoms with Crippen LogP contribution in [0, 0.1) is 5.41 Å². The third kappa shape index (κ3) is 3.90. The lowest BCUT2D eigenvalue weighted by molar-refractivity contribution is -0.129. The van der Waals surface area contributed by atoms with E-state index in [9.17, 15) is 4.79 Å². The van der Waals surface area contributed by atoms with Gasteiger partial charge in [0, 0.05) is 19.6 Å². The molecule has 1 fully saturated rings. The Hall–Kier alpha value is -0.720. The first-order chi connectivity index (χ1) is 9.50. The number of thiocarbonyl (C=S) groups is 1. The molecule has 1 rings (SSSR count). The second kappa shape index (κ2) is 7.90. The summed E-state index contributed by atoms with van der Waals surface area (Å²) in [5.41, 5.74) is 5.05. The molecule has 1 amide bonds. The van der Waals surface area contributed by atoms with Crippen LogP contribution in [0.15, 0.2) is 0 Å². The van der Waals surface area contributed by atoms with Gasteiger partial charge in [-0.1, -0.05) is 33.0 Å². The van der Waals surface area contributed by atoms with Crippen LogP contribution >= 0.6 is 12.2 Å². The average molecular weight is 301 g/mol. The van der Waals surface area contributed by atoms with Crippen molar-refractivity contribution in [3.05, 3.63) is 0 Å². The SMILES string of the molecule is CCN1CCOC(CNC(=O)C(CC)(CC)C(N)=S)C1. The normalized spacial score (nSPS) is 20.6. The van der Waals surface area contributed by atoms with Crippen molar-refractivity contribution < 1.29 is 9.53 Å². The van der Waals surface area contributed by atoms with E-state index in [1.165, 1.54) is 0 Å². The average Bonchev–Trinajstić information content (AvgIpc) is 2.46. The Kier molecular flexibility index (Phi) is 6.85. The van der Waals surface area contributed by atoms with Gasteiger partial charge in [0.1, 0.15) is 0 Å². The molecule has 0 aromatic carbocycles. The molecule has 0 aromatic rings. The second-order valence-electron chi connectivity index (χ2n) is 5.25. The summed E-state index contributed by atoms with van der Waals surface area (Å²) >= 11 is 5.09. The molecule has 0 radical (unpaired) electrons. The Balaban J connectivity index is 2.55. The molecule has 1 unspecified atom stereocenters. The van der Waals surface area contributed by atoms with E-state index in [0.29, 0.717) is 19.4 Å². The van der Waals surface area contributed by atoms with Crippen molar-refractivity contribution in [2.75, 3.05) is 32.8 Å². The molecule has 0 saturated carbocycles. The molecule has 1 aliphatic rings. The van der Waals surface area contributed by atoms with Gasteiger partial charge in [-0.2, -0.15) is 0 Å². The van der Waals surface area contributed by atoms with E-state index in [1.54, 1.807) is 0 Å². The van der Waals surface area contributed by atoms with Gasteiger partial charge in [-0.05, 0) is 19.4 Å². The molecule has 3 N–H and O–H groups in total. The first-order valence-corrected chi connectivity index (χ1v) is 7.83. The molecule has 0 aromatic heterocycles. The summed E-state index contributed by atoms with van der Waals surface area (Å²) < 4.78 is 5.68. The number of ether oxygens (including phenoxy) is 1. The molecule has 0 bridgehead atoms. The van der Waals surface area contributed by atoms with Gasteiger partial charge >= 0.3 is 0 Å². The molecule has 0 aliphatic carbocycles. The maximum Gasteiger partial charge on any atom is 0.233 e. The Bertz CT molecular complexity index is 345. The van der Waals surface area contributed by atoms with Gasteiger partial charge in [-0.15, -0.1) is 0 Å². The third-order valence-electron chi connectivity index (χ3n) is 4.27. The summed E-state index contributed by atoms with van der Waals surface area (Å²) in [6, 6.07) is 0. The minimum Gasteiger partial charge on any atom is -0.392 e. The predicted octanol–water partition coefficient (Wildman–Crippen LogP) is 0.916. The molecule has 0 spiro atoms. The number of hydrogen-bond donors (Lipinski definition) is 2. The highest BCUT2D eigenvalue weighted by Crippen LogP contribution is 2.27. The van der Waals surface area contributed by atoms with Crippen molar-refractivity contribution in [3.63, 3.8) is 0 Å². The third-order valence-corrected chi connectivity index (χ3v) is 4.66. The van der Waals surface area contributed by atoms with Crippen molar-refractivity contribution >= 4 is 23.1 Å². The van der Waals surface area contributed by atoms with E-state index in [0.717, 1.165) is 26.2 Å². The molecule has 116 valence electrons. The minimum atomic E-state index is -0.728. The van der Waals surface area contributed by atoms with Gasteiger partial charge in [0.15, 0.2) is 0 Å². The first kappa shape index (κ1) is 17.3. The van der Waals surface area contributed by atoms with Crippen LogP contribution < -0.4 is 11.1 Å². The largest absolute Gasteiger partial charge is 0.392 e. The van der Waals surface area contributed by atoms with Gasteiger partial charge < -0.3 is 15.8 Å². The fraction of sp³-hybridized carbons (Fsp3) is 0.857. The fourth-order valence-electron chi connectivity index (χ4n) is 2.60. The van der Waals surface area contributed by atoms with Crippen molar-refractivity contribution in [1.29, 1.82) is 0 Å². The van der Waals surface area contributed by atoms with Crippen LogP contribution in [0.5, 0.6) is 0 Å². The lowest BCUT2D eigenvalue weighted by Crippen LogP contribution is -2.52. The molecule has 1 heterocycles. The van der Waals surface area contributed by atoms with Crippen molar-refractivity contribution in [2.45, 2.75) is 39.7 Å². The number of likely N-dealkylation sites (N-methyl/N-ethyl adjacent to an activating group) is 1. The van der Waals surface area contributed by atoms with E-state index < -0.39 is 5.41 Å². The highest BCUT2D eigenvalue weighted by atomic mass is 32.1. The Morgan fingerprint density at radius 3 is 2.60 bits per heavy atom. The van der Waals surface area contributed by atoms with Crippen LogP contribution in [0.25, 0.3) is 0 Å². The number of hydrogen-bond acceptors (Lipinski definition) is 4. The molecular formula is C14H27N3O2S. The Morgan fingerprint density at radius 2 is 2.10 bits per heavy atom. The van der Waals surface area contributed by atoms with Gasteiger partial charge in [0.25, 0.3) is 0 Å². The molecule has 1 aliphatic heterocycles. The van der Waals surface area contributed by atoms with Gasteiger partial charge in [0.2, 0.25) is 5.91 Å². The number of amides is 1. The Morgan fingerprint density at radius 1 is 1.45 bits per heavy atom. The van der Waals surface area contributed by atoms with Crippen molar-refractivity contribution in [3.8, 4) is 0 Å². The standard InChI is InChI=1S/C14H27N3O2S/c1-4-14(5-2,12(15)20)13(18)16-9-11-10-17(6-3)7-8-19-11/h11H,4-10H2,1-3H3,(H2,15,20)(H,16,18). The lowest BCUT2D eigenvalue weighted by atomic mass is 9.81. The monoisotopic (exact) mass is 301 g/mol. The number of nitrogens with one attached hydrogen (secondary N) is 1. The van der Waals surface area contributed by atoms with Crippen LogP contribution in [0.3, 0.4) is 0 Å². The summed E-state index contributed by atoms with van der Waals surface area (Å²) in [7, 11) is 0. The summed E-state index contributed by atoms with van der Waals surface area (Å²) in [6.45, 7) is 10.1. The van der Waals surface area contributed by atoms with E-state index in [1.807, 2.05) is 13.8 Å². The van der Waals surface area contributed by atoms with E-state index in [-0.39, 0.29) is 17.0 Å². The maximum atomic E-state index is 12.4. The van der Waals surface area contributed by atoms with E-state index in [4.69, 9.17) is 22.7 Å². The van der Waals surface area contributed by atoms with Crippen LogP contribution in [0.4, 0.5) is 0 Å². The highest BCUT2D eigenvalue weighted by Gasteiger charge is 2.38. The summed E-state index contributed by atoms with van der Waals surface area (Å²) in [6.07, 6.45) is 1.29. The van der Waals surface area contributed by atoms with Crippen LogP contribution in [-0.4, -0.2) is 54.7 Å². The van der Waals surface area contributed by atoms with Crippen molar-refractivity contribution in [1.82, 2.24) is 10.2 Å². The van der Waals surface area contributed by atoms with E-state index >= 15 is 0 Å². The second-order valence-corrected chi connectivity index (χ2v) is 5.69. The Labute approximate surface area is 127 Å². The summed E-state index contributed by atoms with van der Waals surface area (Å²) in [4.78, 5) is 15.0. The predicted molar refractivity (Wildman–Crippen MR) is 84.7 cm³/mol. The zero-order chi connectivity index (χ0) is 15.2. The minimum absolute atomic E-state index is 0.0467. The number of carbonyl (C=O) groups excluding carboxylic acids is 1. The number of nitrogens with zero attached hydrogens (tertiary/aromatic N) is 1. The van der Waals surface area contributed by atoms with Gasteiger partial charge in [0.05, 0.1) is 23.1 Å². The zero-order valence-electron chi connectivity index (χ0n) is 12.8. The van der Waals surface area contributed by atoms with Crippen LogP contribution in [-0.2, 0) is 9.53 Å². The molecule has 6 heteroatoms. The number of rotatable bonds is 7. The summed E-state index contributed by atoms with van der Waals surface area (Å²) in [5, 5.41) is 2.96. The molecule has 1 atom stereocenters. The molecule has 1 saturated heterocycles. The lowest BCUT2D eigenvalue weighted by Gasteiger charge is -2.34. The molecular weight excluding hydrogens is 274 g/mol. The van der Waals surface area contributed by atoms with E-state index in [2.05, 4.69) is 17.1 Å². The number of morpholine rings is 1. The van der Waals surface area contributed by atoms with Crippen LogP contribution in [0.2, 0.25) is 0 Å². The van der Waals surface area contributed by atoms with Crippen LogP contribution in [0.1, 0.15) is 33.6 Å². The molecule has 20 heavy (non-hydrogen) atoms. The number of carbonyl (C=O) groups is 1. The topological polar surface area (TPSA) is 67.6 Å². The van der Waals surface area contributed by atoms with Gasteiger partial charge in [-0.25, -0.2) is 0 Å². The fourth-order valence-corrected chi connectivity index (χ4v) is 2.98. The van der Waals surface area contributed by atoms with Crippen molar-refractivity contribution in [2.24, 2.45) is 11.1 Å². The quantitative estimate of drug-likeness (QED) is 0.684. The first-order valence-electron chi connectivity index (χ1n) is 7.42. The summed E-state index contributed by atoms with van der Waals surface area (Å²) in [5.74, 6) is -0.0766. The zero-order valence-corrected chi connectivity index (χ0v) is 13.6. The van der Waals surface area contributed by atoms with Gasteiger partial charge in [-0.3, -0.25) is 9.69 Å². The molecule has 5 nitrogen and oxygen atoms in total.